The highest BCUT2D eigenvalue weighted by atomic mass is 16.5. The van der Waals surface area contributed by atoms with E-state index in [9.17, 15) is 4.79 Å². The molecule has 82 valence electrons. The van der Waals surface area contributed by atoms with E-state index in [-0.39, 0.29) is 5.78 Å². The maximum atomic E-state index is 11.2. The van der Waals surface area contributed by atoms with Gasteiger partial charge in [0.25, 0.3) is 0 Å². The number of para-hydroxylation sites is 1. The second-order valence-electron chi connectivity index (χ2n) is 3.44. The monoisotopic (exact) mass is 216 g/mol. The molecule has 0 radical (unpaired) electrons. The second kappa shape index (κ2) is 4.23. The molecule has 0 saturated carbocycles. The SMILES string of the molecule is C=CCOc1cccc2cc(C(C)=O)oc12. The van der Waals surface area contributed by atoms with E-state index >= 15 is 0 Å². The van der Waals surface area contributed by atoms with Crippen LogP contribution in [0.15, 0.2) is 41.3 Å². The fraction of sp³-hybridized carbons (Fsp3) is 0.154. The third kappa shape index (κ3) is 1.84. The topological polar surface area (TPSA) is 39.4 Å². The van der Waals surface area contributed by atoms with Crippen LogP contribution in [0.3, 0.4) is 0 Å². The number of furan rings is 1. The number of carbonyl (C=O) groups excluding carboxylic acids is 1. The van der Waals surface area contributed by atoms with Crippen LogP contribution in [0, 0.1) is 0 Å². The minimum Gasteiger partial charge on any atom is -0.486 e. The fourth-order valence-electron chi connectivity index (χ4n) is 1.47. The number of ketones is 1. The second-order valence-corrected chi connectivity index (χ2v) is 3.44. The van der Waals surface area contributed by atoms with Gasteiger partial charge >= 0.3 is 0 Å². The Morgan fingerprint density at radius 3 is 3.06 bits per heavy atom. The summed E-state index contributed by atoms with van der Waals surface area (Å²) in [5.41, 5.74) is 0.606. The van der Waals surface area contributed by atoms with Gasteiger partial charge < -0.3 is 9.15 Å². The molecule has 0 aliphatic rings. The molecule has 3 nitrogen and oxygen atoms in total. The molecule has 0 aliphatic carbocycles. The van der Waals surface area contributed by atoms with Gasteiger partial charge in [0, 0.05) is 12.3 Å². The summed E-state index contributed by atoms with van der Waals surface area (Å²) in [5.74, 6) is 0.889. The number of carbonyl (C=O) groups is 1. The minimum atomic E-state index is -0.0918. The smallest absolute Gasteiger partial charge is 0.194 e. The Balaban J connectivity index is 2.49. The molecule has 2 aromatic rings. The van der Waals surface area contributed by atoms with Crippen LogP contribution in [0.5, 0.6) is 5.75 Å². The van der Waals surface area contributed by atoms with E-state index in [0.717, 1.165) is 5.39 Å². The fourth-order valence-corrected chi connectivity index (χ4v) is 1.47. The molecule has 3 heteroatoms. The summed E-state index contributed by atoms with van der Waals surface area (Å²) in [6.07, 6.45) is 1.66. The summed E-state index contributed by atoms with van der Waals surface area (Å²) >= 11 is 0. The van der Waals surface area contributed by atoms with Gasteiger partial charge in [-0.3, -0.25) is 4.79 Å². The van der Waals surface area contributed by atoms with Crippen LogP contribution in [-0.4, -0.2) is 12.4 Å². The lowest BCUT2D eigenvalue weighted by Gasteiger charge is -2.02. The van der Waals surface area contributed by atoms with Crippen molar-refractivity contribution in [1.82, 2.24) is 0 Å². The lowest BCUT2D eigenvalue weighted by atomic mass is 10.2. The van der Waals surface area contributed by atoms with Crippen molar-refractivity contribution in [3.63, 3.8) is 0 Å². The molecule has 0 fully saturated rings. The highest BCUT2D eigenvalue weighted by Gasteiger charge is 2.11. The van der Waals surface area contributed by atoms with Gasteiger partial charge in [-0.25, -0.2) is 0 Å². The van der Waals surface area contributed by atoms with E-state index in [1.807, 2.05) is 12.1 Å². The van der Waals surface area contributed by atoms with Crippen molar-refractivity contribution in [3.8, 4) is 5.75 Å². The Morgan fingerprint density at radius 1 is 1.56 bits per heavy atom. The molecular weight excluding hydrogens is 204 g/mol. The molecule has 0 amide bonds. The van der Waals surface area contributed by atoms with Crippen molar-refractivity contribution in [2.75, 3.05) is 6.61 Å². The summed E-state index contributed by atoms with van der Waals surface area (Å²) in [4.78, 5) is 11.2. The molecule has 0 saturated heterocycles. The van der Waals surface area contributed by atoms with E-state index in [0.29, 0.717) is 23.7 Å². The number of rotatable bonds is 4. The summed E-state index contributed by atoms with van der Waals surface area (Å²) in [7, 11) is 0. The van der Waals surface area contributed by atoms with Gasteiger partial charge in [-0.2, -0.15) is 0 Å². The standard InChI is InChI=1S/C13H12O3/c1-3-7-15-11-6-4-5-10-8-12(9(2)14)16-13(10)11/h3-6,8H,1,7H2,2H3. The van der Waals surface area contributed by atoms with Crippen molar-refractivity contribution in [1.29, 1.82) is 0 Å². The Labute approximate surface area is 93.3 Å². The van der Waals surface area contributed by atoms with Gasteiger partial charge in [-0.05, 0) is 12.1 Å². The number of hydrogen-bond acceptors (Lipinski definition) is 3. The van der Waals surface area contributed by atoms with Crippen molar-refractivity contribution in [3.05, 3.63) is 42.7 Å². The van der Waals surface area contributed by atoms with Gasteiger partial charge in [-0.1, -0.05) is 24.8 Å². The van der Waals surface area contributed by atoms with Crippen LogP contribution in [0.1, 0.15) is 17.5 Å². The summed E-state index contributed by atoms with van der Waals surface area (Å²) in [6.45, 7) is 5.47. The Hall–Kier alpha value is -2.03. The summed E-state index contributed by atoms with van der Waals surface area (Å²) in [6, 6.07) is 7.27. The van der Waals surface area contributed by atoms with Gasteiger partial charge in [0.1, 0.15) is 6.61 Å². The Morgan fingerprint density at radius 2 is 2.38 bits per heavy atom. The molecule has 1 aromatic carbocycles. The van der Waals surface area contributed by atoms with E-state index in [4.69, 9.17) is 9.15 Å². The predicted octanol–water partition coefficient (Wildman–Crippen LogP) is 3.20. The zero-order chi connectivity index (χ0) is 11.5. The van der Waals surface area contributed by atoms with Crippen LogP contribution in [0.4, 0.5) is 0 Å². The maximum absolute atomic E-state index is 11.2. The molecule has 0 atom stereocenters. The molecule has 0 aliphatic heterocycles. The van der Waals surface area contributed by atoms with Gasteiger partial charge in [0.05, 0.1) is 0 Å². The van der Waals surface area contributed by atoms with Crippen molar-refractivity contribution in [2.24, 2.45) is 0 Å². The highest BCUT2D eigenvalue weighted by Crippen LogP contribution is 2.28. The van der Waals surface area contributed by atoms with Crippen LogP contribution in [0.2, 0.25) is 0 Å². The molecule has 0 spiro atoms. The van der Waals surface area contributed by atoms with Gasteiger partial charge in [-0.15, -0.1) is 0 Å². The predicted molar refractivity (Wildman–Crippen MR) is 61.9 cm³/mol. The molecule has 2 rings (SSSR count). The van der Waals surface area contributed by atoms with E-state index < -0.39 is 0 Å². The van der Waals surface area contributed by atoms with Crippen LogP contribution in [0.25, 0.3) is 11.0 Å². The van der Waals surface area contributed by atoms with E-state index in [1.165, 1.54) is 6.92 Å². The van der Waals surface area contributed by atoms with Crippen LogP contribution in [-0.2, 0) is 0 Å². The van der Waals surface area contributed by atoms with E-state index in [1.54, 1.807) is 18.2 Å². The first-order valence-electron chi connectivity index (χ1n) is 4.99. The summed E-state index contributed by atoms with van der Waals surface area (Å²) in [5, 5.41) is 0.867. The first-order chi connectivity index (χ1) is 7.72. The Kier molecular flexibility index (Phi) is 2.77. The zero-order valence-corrected chi connectivity index (χ0v) is 9.03. The number of hydrogen-bond donors (Lipinski definition) is 0. The lowest BCUT2D eigenvalue weighted by molar-refractivity contribution is 0.0989. The number of Topliss-reactive ketones (excluding diaryl/α,β-unsaturated/α-hetero) is 1. The minimum absolute atomic E-state index is 0.0918. The van der Waals surface area contributed by atoms with Crippen LogP contribution >= 0.6 is 0 Å². The van der Waals surface area contributed by atoms with Crippen molar-refractivity contribution >= 4 is 16.8 Å². The first-order valence-corrected chi connectivity index (χ1v) is 4.99. The van der Waals surface area contributed by atoms with E-state index in [2.05, 4.69) is 6.58 Å². The third-order valence-corrected chi connectivity index (χ3v) is 2.21. The van der Waals surface area contributed by atoms with Crippen molar-refractivity contribution in [2.45, 2.75) is 6.92 Å². The summed E-state index contributed by atoms with van der Waals surface area (Å²) < 4.78 is 10.9. The van der Waals surface area contributed by atoms with Crippen molar-refractivity contribution < 1.29 is 13.9 Å². The third-order valence-electron chi connectivity index (χ3n) is 2.21. The van der Waals surface area contributed by atoms with Crippen LogP contribution < -0.4 is 4.74 Å². The molecule has 0 N–H and O–H groups in total. The number of ether oxygens (including phenoxy) is 1. The molecule has 1 heterocycles. The lowest BCUT2D eigenvalue weighted by Crippen LogP contribution is -1.92. The van der Waals surface area contributed by atoms with Gasteiger partial charge in [0.2, 0.25) is 0 Å². The largest absolute Gasteiger partial charge is 0.486 e. The average molecular weight is 216 g/mol. The van der Waals surface area contributed by atoms with Gasteiger partial charge in [0.15, 0.2) is 22.9 Å². The Bertz CT molecular complexity index is 537. The number of fused-ring (bicyclic) bond motifs is 1. The molecule has 16 heavy (non-hydrogen) atoms. The quantitative estimate of drug-likeness (QED) is 0.582. The molecule has 1 aromatic heterocycles. The normalized spacial score (nSPS) is 10.3. The number of benzene rings is 1. The molecular formula is C13H12O3. The molecule has 0 bridgehead atoms. The average Bonchev–Trinajstić information content (AvgIpc) is 2.70. The molecule has 0 unspecified atom stereocenters. The zero-order valence-electron chi connectivity index (χ0n) is 9.03. The highest BCUT2D eigenvalue weighted by molar-refractivity contribution is 5.97. The maximum Gasteiger partial charge on any atom is 0.194 e. The first kappa shape index (κ1) is 10.5.